The molecule has 1 aromatic carbocycles. The van der Waals surface area contributed by atoms with Crippen LogP contribution >= 0.6 is 0 Å². The lowest BCUT2D eigenvalue weighted by molar-refractivity contribution is -0.143. The van der Waals surface area contributed by atoms with Gasteiger partial charge in [-0.2, -0.15) is 0 Å². The summed E-state index contributed by atoms with van der Waals surface area (Å²) in [6, 6.07) is 7.30. The number of rotatable bonds is 8. The first kappa shape index (κ1) is 17.3. The largest absolute Gasteiger partial charge is 0.464 e. The maximum Gasteiger partial charge on any atom is 0.326 e. The van der Waals surface area contributed by atoms with Gasteiger partial charge in [0.05, 0.1) is 18.0 Å². The van der Waals surface area contributed by atoms with Crippen LogP contribution in [-0.4, -0.2) is 31.1 Å². The number of carbonyl (C=O) groups is 2. The second kappa shape index (κ2) is 8.56. The van der Waals surface area contributed by atoms with Crippen molar-refractivity contribution in [3.63, 3.8) is 0 Å². The van der Waals surface area contributed by atoms with E-state index in [0.29, 0.717) is 6.61 Å². The van der Waals surface area contributed by atoms with Gasteiger partial charge in [0.2, 0.25) is 5.91 Å². The highest BCUT2D eigenvalue weighted by atomic mass is 16.5. The molecule has 1 N–H and O–H groups in total. The van der Waals surface area contributed by atoms with Gasteiger partial charge in [0, 0.05) is 0 Å². The fraction of sp³-hybridized carbons (Fsp3) is 0.556. The molecule has 0 saturated heterocycles. The van der Waals surface area contributed by atoms with Gasteiger partial charge in [-0.05, 0) is 25.0 Å². The van der Waals surface area contributed by atoms with Gasteiger partial charge >= 0.3 is 5.97 Å². The van der Waals surface area contributed by atoms with Crippen molar-refractivity contribution >= 4 is 23.3 Å². The molecule has 5 nitrogen and oxygen atoms in total. The second-order valence-corrected chi connectivity index (χ2v) is 5.85. The molecule has 5 heteroatoms. The van der Waals surface area contributed by atoms with Crippen molar-refractivity contribution < 1.29 is 14.3 Å². The minimum Gasteiger partial charge on any atom is -0.464 e. The molecule has 1 aliphatic heterocycles. The van der Waals surface area contributed by atoms with Crippen LogP contribution < -0.4 is 10.2 Å². The van der Waals surface area contributed by atoms with Gasteiger partial charge in [0.15, 0.2) is 0 Å². The molecule has 1 amide bonds. The number of para-hydroxylation sites is 2. The summed E-state index contributed by atoms with van der Waals surface area (Å²) in [6.45, 7) is 4.55. The van der Waals surface area contributed by atoms with Gasteiger partial charge in [-0.1, -0.05) is 45.2 Å². The van der Waals surface area contributed by atoms with E-state index in [1.165, 1.54) is 0 Å². The smallest absolute Gasteiger partial charge is 0.326 e. The van der Waals surface area contributed by atoms with Gasteiger partial charge in [-0.15, -0.1) is 0 Å². The quantitative estimate of drug-likeness (QED) is 0.590. The van der Waals surface area contributed by atoms with Crippen LogP contribution in [0.4, 0.5) is 11.4 Å². The molecule has 0 bridgehead atoms. The molecule has 0 saturated carbocycles. The number of nitrogens with one attached hydrogen (secondary N) is 1. The van der Waals surface area contributed by atoms with Crippen molar-refractivity contribution in [2.75, 3.05) is 23.4 Å². The predicted molar refractivity (Wildman–Crippen MR) is 91.6 cm³/mol. The van der Waals surface area contributed by atoms with E-state index in [0.717, 1.165) is 43.5 Å². The highest BCUT2D eigenvalue weighted by Gasteiger charge is 2.33. The van der Waals surface area contributed by atoms with E-state index in [2.05, 4.69) is 12.2 Å². The first-order valence-electron chi connectivity index (χ1n) is 8.50. The molecule has 2 rings (SSSR count). The SMILES string of the molecule is CCCCCOC(=O)CN1C(=O)C(CCC)Nc2ccccc21. The number of amides is 1. The summed E-state index contributed by atoms with van der Waals surface area (Å²) in [7, 11) is 0. The lowest BCUT2D eigenvalue weighted by atomic mass is 10.0. The second-order valence-electron chi connectivity index (χ2n) is 5.85. The summed E-state index contributed by atoms with van der Waals surface area (Å²) in [6.07, 6.45) is 4.64. The Hall–Kier alpha value is -2.04. The monoisotopic (exact) mass is 318 g/mol. The summed E-state index contributed by atoms with van der Waals surface area (Å²) in [5, 5.41) is 3.27. The van der Waals surface area contributed by atoms with Crippen molar-refractivity contribution in [3.8, 4) is 0 Å². The zero-order valence-electron chi connectivity index (χ0n) is 14.0. The van der Waals surface area contributed by atoms with Crippen molar-refractivity contribution in [1.29, 1.82) is 0 Å². The highest BCUT2D eigenvalue weighted by molar-refractivity contribution is 6.07. The third kappa shape index (κ3) is 4.47. The Bertz CT molecular complexity index is 545. The number of carbonyl (C=O) groups excluding carboxylic acids is 2. The maximum absolute atomic E-state index is 12.6. The summed E-state index contributed by atoms with van der Waals surface area (Å²) >= 11 is 0. The Labute approximate surface area is 138 Å². The molecule has 0 spiro atoms. The normalized spacial score (nSPS) is 16.7. The van der Waals surface area contributed by atoms with Gasteiger partial charge < -0.3 is 10.1 Å². The predicted octanol–water partition coefficient (Wildman–Crippen LogP) is 3.35. The van der Waals surface area contributed by atoms with Crippen LogP contribution in [0.15, 0.2) is 24.3 Å². The molecule has 126 valence electrons. The molecular weight excluding hydrogens is 292 g/mol. The van der Waals surface area contributed by atoms with Gasteiger partial charge in [-0.25, -0.2) is 0 Å². The van der Waals surface area contributed by atoms with E-state index in [-0.39, 0.29) is 24.5 Å². The van der Waals surface area contributed by atoms with Crippen molar-refractivity contribution in [2.24, 2.45) is 0 Å². The molecule has 1 aromatic rings. The van der Waals surface area contributed by atoms with Crippen LogP contribution in [-0.2, 0) is 14.3 Å². The summed E-state index contributed by atoms with van der Waals surface area (Å²) in [5.74, 6) is -0.405. The lowest BCUT2D eigenvalue weighted by Gasteiger charge is -2.34. The maximum atomic E-state index is 12.6. The van der Waals surface area contributed by atoms with Crippen LogP contribution in [0, 0.1) is 0 Å². The van der Waals surface area contributed by atoms with Gasteiger partial charge in [0.1, 0.15) is 12.6 Å². The summed E-state index contributed by atoms with van der Waals surface area (Å²) < 4.78 is 5.25. The van der Waals surface area contributed by atoms with E-state index in [9.17, 15) is 9.59 Å². The van der Waals surface area contributed by atoms with E-state index in [1.54, 1.807) is 4.90 Å². The Balaban J connectivity index is 2.05. The molecular formula is C18H26N2O3. The van der Waals surface area contributed by atoms with Crippen molar-refractivity contribution in [1.82, 2.24) is 0 Å². The Morgan fingerprint density at radius 1 is 1.22 bits per heavy atom. The fourth-order valence-corrected chi connectivity index (χ4v) is 2.75. The number of hydrogen-bond donors (Lipinski definition) is 1. The van der Waals surface area contributed by atoms with E-state index in [1.807, 2.05) is 31.2 Å². The third-order valence-corrected chi connectivity index (χ3v) is 3.96. The molecule has 1 aliphatic rings. The van der Waals surface area contributed by atoms with E-state index in [4.69, 9.17) is 4.74 Å². The van der Waals surface area contributed by atoms with Crippen LogP contribution in [0.1, 0.15) is 46.0 Å². The van der Waals surface area contributed by atoms with E-state index < -0.39 is 0 Å². The first-order valence-corrected chi connectivity index (χ1v) is 8.50. The molecule has 1 atom stereocenters. The summed E-state index contributed by atoms with van der Waals surface area (Å²) in [5.41, 5.74) is 1.64. The number of anilines is 2. The number of hydrogen-bond acceptors (Lipinski definition) is 4. The third-order valence-electron chi connectivity index (χ3n) is 3.96. The van der Waals surface area contributed by atoms with Crippen molar-refractivity contribution in [3.05, 3.63) is 24.3 Å². The molecule has 23 heavy (non-hydrogen) atoms. The van der Waals surface area contributed by atoms with Crippen LogP contribution in [0.25, 0.3) is 0 Å². The Kier molecular flexibility index (Phi) is 6.44. The number of esters is 1. The molecule has 0 aromatic heterocycles. The molecule has 1 heterocycles. The molecule has 0 radical (unpaired) electrons. The molecule has 1 unspecified atom stereocenters. The zero-order chi connectivity index (χ0) is 16.7. The van der Waals surface area contributed by atoms with Crippen LogP contribution in [0.3, 0.4) is 0 Å². The number of benzene rings is 1. The first-order chi connectivity index (χ1) is 11.2. The average molecular weight is 318 g/mol. The minimum absolute atomic E-state index is 0.0239. The van der Waals surface area contributed by atoms with E-state index >= 15 is 0 Å². The average Bonchev–Trinajstić information content (AvgIpc) is 2.55. The lowest BCUT2D eigenvalue weighted by Crippen LogP contribution is -2.49. The Morgan fingerprint density at radius 3 is 2.74 bits per heavy atom. The standard InChI is InChI=1S/C18H26N2O3/c1-3-5-8-12-23-17(21)13-20-16-11-7-6-10-14(16)19-15(9-4-2)18(20)22/h6-7,10-11,15,19H,3-5,8-9,12-13H2,1-2H3. The number of fused-ring (bicyclic) bond motifs is 1. The van der Waals surface area contributed by atoms with Gasteiger partial charge in [0.25, 0.3) is 0 Å². The number of nitrogens with zero attached hydrogens (tertiary/aromatic N) is 1. The molecule has 0 aliphatic carbocycles. The van der Waals surface area contributed by atoms with Crippen LogP contribution in [0.2, 0.25) is 0 Å². The molecule has 0 fully saturated rings. The topological polar surface area (TPSA) is 58.6 Å². The van der Waals surface area contributed by atoms with Crippen LogP contribution in [0.5, 0.6) is 0 Å². The number of ether oxygens (including phenoxy) is 1. The number of unbranched alkanes of at least 4 members (excludes halogenated alkanes) is 2. The van der Waals surface area contributed by atoms with Gasteiger partial charge in [-0.3, -0.25) is 14.5 Å². The highest BCUT2D eigenvalue weighted by Crippen LogP contribution is 2.32. The van der Waals surface area contributed by atoms with Crippen molar-refractivity contribution in [2.45, 2.75) is 52.0 Å². The zero-order valence-corrected chi connectivity index (χ0v) is 14.0. The Morgan fingerprint density at radius 2 is 2.00 bits per heavy atom. The summed E-state index contributed by atoms with van der Waals surface area (Å²) in [4.78, 5) is 26.3. The fourth-order valence-electron chi connectivity index (χ4n) is 2.75. The minimum atomic E-state index is -0.346.